The third kappa shape index (κ3) is 3.44. The Bertz CT molecular complexity index is 953. The summed E-state index contributed by atoms with van der Waals surface area (Å²) < 4.78 is 43.0. The van der Waals surface area contributed by atoms with Crippen molar-refractivity contribution in [2.24, 2.45) is 0 Å². The molecule has 0 radical (unpaired) electrons. The Morgan fingerprint density at radius 3 is 2.36 bits per heavy atom. The predicted octanol–water partition coefficient (Wildman–Crippen LogP) is 5.36. The summed E-state index contributed by atoms with van der Waals surface area (Å²) in [7, 11) is 1.23. The van der Waals surface area contributed by atoms with Crippen molar-refractivity contribution in [1.29, 1.82) is 0 Å². The van der Waals surface area contributed by atoms with E-state index in [-0.39, 0.29) is 11.3 Å². The van der Waals surface area contributed by atoms with E-state index in [1.165, 1.54) is 19.2 Å². The summed E-state index contributed by atoms with van der Waals surface area (Å²) in [4.78, 5) is 16.5. The van der Waals surface area contributed by atoms with Crippen LogP contribution >= 0.6 is 11.6 Å². The topological polar surface area (TPSA) is 39.2 Å². The fourth-order valence-electron chi connectivity index (χ4n) is 2.44. The minimum absolute atomic E-state index is 0.164. The molecule has 7 heteroatoms. The van der Waals surface area contributed by atoms with Crippen LogP contribution in [-0.4, -0.2) is 18.1 Å². The average molecular weight is 366 g/mol. The van der Waals surface area contributed by atoms with Crippen molar-refractivity contribution in [3.05, 3.63) is 64.7 Å². The number of halogens is 4. The predicted molar refractivity (Wildman–Crippen MR) is 88.5 cm³/mol. The van der Waals surface area contributed by atoms with Crippen molar-refractivity contribution < 1.29 is 22.7 Å². The monoisotopic (exact) mass is 365 g/mol. The van der Waals surface area contributed by atoms with Gasteiger partial charge in [-0.3, -0.25) is 0 Å². The number of benzene rings is 2. The van der Waals surface area contributed by atoms with Crippen molar-refractivity contribution >= 4 is 28.5 Å². The maximum absolute atomic E-state index is 12.7. The van der Waals surface area contributed by atoms with Gasteiger partial charge < -0.3 is 4.74 Å². The summed E-state index contributed by atoms with van der Waals surface area (Å²) >= 11 is 5.96. The molecule has 0 amide bonds. The van der Waals surface area contributed by atoms with E-state index in [0.29, 0.717) is 21.5 Å². The summed E-state index contributed by atoms with van der Waals surface area (Å²) in [5.41, 5.74) is 0.512. The van der Waals surface area contributed by atoms with E-state index in [0.717, 1.165) is 12.1 Å². The summed E-state index contributed by atoms with van der Waals surface area (Å²) in [6, 6.07) is 11.0. The van der Waals surface area contributed by atoms with Crippen LogP contribution in [0.5, 0.6) is 0 Å². The lowest BCUT2D eigenvalue weighted by Crippen LogP contribution is -2.07. The molecule has 3 nitrogen and oxygen atoms in total. The SMILES string of the molecule is COC(=O)c1cc2ccc(Cl)cc2nc1-c1ccc(C(F)(F)F)cc1. The van der Waals surface area contributed by atoms with E-state index in [1.807, 2.05) is 0 Å². The molecule has 0 fully saturated rings. The maximum Gasteiger partial charge on any atom is 0.416 e. The molecule has 1 heterocycles. The van der Waals surface area contributed by atoms with Gasteiger partial charge in [0.25, 0.3) is 0 Å². The van der Waals surface area contributed by atoms with Gasteiger partial charge in [-0.2, -0.15) is 13.2 Å². The molecule has 0 bridgehead atoms. The second-order valence-corrected chi connectivity index (χ2v) is 5.72. The quantitative estimate of drug-likeness (QED) is 0.574. The van der Waals surface area contributed by atoms with Gasteiger partial charge in [-0.15, -0.1) is 0 Å². The zero-order chi connectivity index (χ0) is 18.2. The van der Waals surface area contributed by atoms with Crippen LogP contribution in [-0.2, 0) is 10.9 Å². The smallest absolute Gasteiger partial charge is 0.416 e. The van der Waals surface area contributed by atoms with Crippen LogP contribution in [0.15, 0.2) is 48.5 Å². The molecule has 0 unspecified atom stereocenters. The molecular formula is C18H11ClF3NO2. The highest BCUT2D eigenvalue weighted by Crippen LogP contribution is 2.32. The first kappa shape index (κ1) is 17.2. The summed E-state index contributed by atoms with van der Waals surface area (Å²) in [5.74, 6) is -0.626. The van der Waals surface area contributed by atoms with Gasteiger partial charge in [-0.25, -0.2) is 9.78 Å². The summed E-state index contributed by atoms with van der Waals surface area (Å²) in [6.07, 6.45) is -4.44. The zero-order valence-electron chi connectivity index (χ0n) is 12.9. The number of nitrogens with zero attached hydrogens (tertiary/aromatic N) is 1. The average Bonchev–Trinajstić information content (AvgIpc) is 2.59. The number of carbonyl (C=O) groups is 1. The number of rotatable bonds is 2. The highest BCUT2D eigenvalue weighted by Gasteiger charge is 2.30. The molecule has 0 saturated carbocycles. The number of methoxy groups -OCH3 is 1. The molecular weight excluding hydrogens is 355 g/mol. The van der Waals surface area contributed by atoms with Crippen molar-refractivity contribution in [2.75, 3.05) is 7.11 Å². The number of pyridine rings is 1. The maximum atomic E-state index is 12.7. The lowest BCUT2D eigenvalue weighted by Gasteiger charge is -2.11. The van der Waals surface area contributed by atoms with Gasteiger partial charge in [0.1, 0.15) is 0 Å². The van der Waals surface area contributed by atoms with E-state index in [1.54, 1.807) is 24.3 Å². The molecule has 3 rings (SSSR count). The highest BCUT2D eigenvalue weighted by molar-refractivity contribution is 6.31. The van der Waals surface area contributed by atoms with Crippen molar-refractivity contribution in [3.63, 3.8) is 0 Å². The standard InChI is InChI=1S/C18H11ClF3NO2/c1-25-17(24)14-8-11-4-7-13(19)9-15(11)23-16(14)10-2-5-12(6-3-10)18(20,21)22/h2-9H,1H3. The number of hydrogen-bond acceptors (Lipinski definition) is 3. The molecule has 0 aliphatic heterocycles. The largest absolute Gasteiger partial charge is 0.465 e. The first-order valence-electron chi connectivity index (χ1n) is 7.16. The molecule has 0 saturated heterocycles. The Labute approximate surface area is 146 Å². The van der Waals surface area contributed by atoms with Crippen LogP contribution in [0.25, 0.3) is 22.2 Å². The molecule has 0 N–H and O–H groups in total. The number of fused-ring (bicyclic) bond motifs is 1. The fourth-order valence-corrected chi connectivity index (χ4v) is 2.61. The van der Waals surface area contributed by atoms with E-state index in [4.69, 9.17) is 16.3 Å². The fraction of sp³-hybridized carbons (Fsp3) is 0.111. The molecule has 1 aromatic heterocycles. The minimum atomic E-state index is -4.44. The zero-order valence-corrected chi connectivity index (χ0v) is 13.7. The van der Waals surface area contributed by atoms with Crippen LogP contribution in [0, 0.1) is 0 Å². The van der Waals surface area contributed by atoms with E-state index < -0.39 is 17.7 Å². The van der Waals surface area contributed by atoms with Gasteiger partial charge in [-0.05, 0) is 30.3 Å². The Morgan fingerprint density at radius 1 is 1.08 bits per heavy atom. The van der Waals surface area contributed by atoms with Crippen LogP contribution in [0.2, 0.25) is 5.02 Å². The van der Waals surface area contributed by atoms with Crippen LogP contribution < -0.4 is 0 Å². The van der Waals surface area contributed by atoms with Gasteiger partial charge in [-0.1, -0.05) is 29.8 Å². The summed E-state index contributed by atoms with van der Waals surface area (Å²) in [5, 5.41) is 1.13. The molecule has 2 aromatic carbocycles. The minimum Gasteiger partial charge on any atom is -0.465 e. The molecule has 3 aromatic rings. The number of hydrogen-bond donors (Lipinski definition) is 0. The molecule has 0 spiro atoms. The number of alkyl halides is 3. The molecule has 128 valence electrons. The lowest BCUT2D eigenvalue weighted by molar-refractivity contribution is -0.137. The molecule has 0 aliphatic rings. The Morgan fingerprint density at radius 2 is 1.76 bits per heavy atom. The third-order valence-corrected chi connectivity index (χ3v) is 3.91. The van der Waals surface area contributed by atoms with Gasteiger partial charge in [0.2, 0.25) is 0 Å². The number of carbonyl (C=O) groups excluding carboxylic acids is 1. The van der Waals surface area contributed by atoms with E-state index in [2.05, 4.69) is 4.98 Å². The van der Waals surface area contributed by atoms with Gasteiger partial charge in [0, 0.05) is 16.0 Å². The van der Waals surface area contributed by atoms with Gasteiger partial charge in [0.15, 0.2) is 0 Å². The van der Waals surface area contributed by atoms with Gasteiger partial charge in [0.05, 0.1) is 29.4 Å². The highest BCUT2D eigenvalue weighted by atomic mass is 35.5. The van der Waals surface area contributed by atoms with Crippen molar-refractivity contribution in [1.82, 2.24) is 4.98 Å². The van der Waals surface area contributed by atoms with E-state index in [9.17, 15) is 18.0 Å². The molecule has 25 heavy (non-hydrogen) atoms. The first-order valence-corrected chi connectivity index (χ1v) is 7.53. The number of aromatic nitrogens is 1. The first-order chi connectivity index (χ1) is 11.8. The lowest BCUT2D eigenvalue weighted by atomic mass is 10.0. The van der Waals surface area contributed by atoms with Crippen LogP contribution in [0.3, 0.4) is 0 Å². The van der Waals surface area contributed by atoms with Gasteiger partial charge >= 0.3 is 12.1 Å². The number of ether oxygens (including phenoxy) is 1. The molecule has 0 aliphatic carbocycles. The third-order valence-electron chi connectivity index (χ3n) is 3.67. The van der Waals surface area contributed by atoms with Crippen molar-refractivity contribution in [3.8, 4) is 11.3 Å². The summed E-state index contributed by atoms with van der Waals surface area (Å²) in [6.45, 7) is 0. The van der Waals surface area contributed by atoms with Crippen LogP contribution in [0.4, 0.5) is 13.2 Å². The second kappa shape index (κ2) is 6.37. The van der Waals surface area contributed by atoms with Crippen LogP contribution in [0.1, 0.15) is 15.9 Å². The van der Waals surface area contributed by atoms with E-state index >= 15 is 0 Å². The molecule has 0 atom stereocenters. The Hall–Kier alpha value is -2.60. The number of esters is 1. The normalized spacial score (nSPS) is 11.6. The Balaban J connectivity index is 2.20. The second-order valence-electron chi connectivity index (χ2n) is 5.29. The Kier molecular flexibility index (Phi) is 4.39. The van der Waals surface area contributed by atoms with Crippen molar-refractivity contribution in [2.45, 2.75) is 6.18 Å².